The van der Waals surface area contributed by atoms with Gasteiger partial charge in [0.15, 0.2) is 11.5 Å². The second-order valence-corrected chi connectivity index (χ2v) is 6.52. The number of hydrogen-bond acceptors (Lipinski definition) is 3. The summed E-state index contributed by atoms with van der Waals surface area (Å²) in [4.78, 5) is 14.6. The molecule has 2 heterocycles. The minimum Gasteiger partial charge on any atom is -0.486 e. The Hall–Kier alpha value is -2.20. The van der Waals surface area contributed by atoms with Crippen molar-refractivity contribution in [3.8, 4) is 11.5 Å². The van der Waals surface area contributed by atoms with E-state index in [-0.39, 0.29) is 5.91 Å². The Kier molecular flexibility index (Phi) is 4.07. The third kappa shape index (κ3) is 2.94. The van der Waals surface area contributed by atoms with Gasteiger partial charge in [-0.1, -0.05) is 35.9 Å². The van der Waals surface area contributed by atoms with Crippen molar-refractivity contribution in [2.75, 3.05) is 19.8 Å². The molecule has 0 saturated heterocycles. The minimum absolute atomic E-state index is 0.109. The lowest BCUT2D eigenvalue weighted by molar-refractivity contribution is -0.131. The molecule has 0 spiro atoms. The van der Waals surface area contributed by atoms with Gasteiger partial charge >= 0.3 is 0 Å². The Morgan fingerprint density at radius 2 is 1.92 bits per heavy atom. The zero-order valence-electron chi connectivity index (χ0n) is 13.3. The van der Waals surface area contributed by atoms with E-state index in [4.69, 9.17) is 21.1 Å². The first-order valence-electron chi connectivity index (χ1n) is 8.13. The van der Waals surface area contributed by atoms with Gasteiger partial charge in [-0.3, -0.25) is 4.79 Å². The summed E-state index contributed by atoms with van der Waals surface area (Å²) in [5, 5.41) is 0.499. The highest BCUT2D eigenvalue weighted by atomic mass is 35.5. The maximum absolute atomic E-state index is 12.7. The zero-order chi connectivity index (χ0) is 16.5. The molecule has 0 aliphatic carbocycles. The van der Waals surface area contributed by atoms with E-state index in [0.29, 0.717) is 42.7 Å². The van der Waals surface area contributed by atoms with Crippen LogP contribution in [0.4, 0.5) is 0 Å². The van der Waals surface area contributed by atoms with Crippen molar-refractivity contribution in [2.24, 2.45) is 0 Å². The molecule has 124 valence electrons. The Labute approximate surface area is 145 Å². The molecule has 4 rings (SSSR count). The highest BCUT2D eigenvalue weighted by Gasteiger charge is 2.22. The number of halogens is 1. The molecular weight excluding hydrogens is 326 g/mol. The Morgan fingerprint density at radius 1 is 1.12 bits per heavy atom. The maximum Gasteiger partial charge on any atom is 0.227 e. The van der Waals surface area contributed by atoms with Gasteiger partial charge in [0.05, 0.1) is 11.4 Å². The molecule has 1 amide bonds. The van der Waals surface area contributed by atoms with Gasteiger partial charge in [0.25, 0.3) is 0 Å². The quantitative estimate of drug-likeness (QED) is 0.840. The van der Waals surface area contributed by atoms with E-state index in [9.17, 15) is 4.79 Å². The molecule has 24 heavy (non-hydrogen) atoms. The first-order valence-corrected chi connectivity index (χ1v) is 8.51. The summed E-state index contributed by atoms with van der Waals surface area (Å²) in [5.41, 5.74) is 3.43. The number of carbonyl (C=O) groups is 1. The molecule has 2 aromatic carbocycles. The smallest absolute Gasteiger partial charge is 0.227 e. The van der Waals surface area contributed by atoms with Gasteiger partial charge in [0, 0.05) is 13.1 Å². The van der Waals surface area contributed by atoms with Crippen LogP contribution in [0.1, 0.15) is 16.7 Å². The van der Waals surface area contributed by atoms with E-state index in [1.807, 2.05) is 23.1 Å². The van der Waals surface area contributed by atoms with Crippen molar-refractivity contribution in [3.63, 3.8) is 0 Å². The fraction of sp³-hybridized carbons (Fsp3) is 0.316. The van der Waals surface area contributed by atoms with Crippen molar-refractivity contribution in [2.45, 2.75) is 19.4 Å². The summed E-state index contributed by atoms with van der Waals surface area (Å²) in [6.07, 6.45) is 1.22. The van der Waals surface area contributed by atoms with Crippen LogP contribution >= 0.6 is 11.6 Å². The average molecular weight is 344 g/mol. The Balaban J connectivity index is 1.50. The van der Waals surface area contributed by atoms with Crippen LogP contribution in [0, 0.1) is 0 Å². The van der Waals surface area contributed by atoms with Gasteiger partial charge in [-0.25, -0.2) is 0 Å². The summed E-state index contributed by atoms with van der Waals surface area (Å²) in [6.45, 7) is 2.43. The van der Waals surface area contributed by atoms with Crippen LogP contribution in [0.2, 0.25) is 5.02 Å². The van der Waals surface area contributed by atoms with Gasteiger partial charge in [-0.15, -0.1) is 0 Å². The SMILES string of the molecule is O=C(Cc1cc(Cl)c2c(c1)OCCO2)N1CCc2ccccc2C1. The van der Waals surface area contributed by atoms with Crippen molar-refractivity contribution in [3.05, 3.63) is 58.1 Å². The first kappa shape index (κ1) is 15.3. The average Bonchev–Trinajstić information content (AvgIpc) is 2.61. The monoisotopic (exact) mass is 343 g/mol. The highest BCUT2D eigenvalue weighted by Crippen LogP contribution is 2.38. The number of fused-ring (bicyclic) bond motifs is 2. The van der Waals surface area contributed by atoms with Gasteiger partial charge < -0.3 is 14.4 Å². The number of carbonyl (C=O) groups excluding carboxylic acids is 1. The van der Waals surface area contributed by atoms with Crippen molar-refractivity contribution in [1.82, 2.24) is 4.90 Å². The lowest BCUT2D eigenvalue weighted by Gasteiger charge is -2.29. The first-order chi connectivity index (χ1) is 11.7. The van der Waals surface area contributed by atoms with Crippen LogP contribution in [0.25, 0.3) is 0 Å². The van der Waals surface area contributed by atoms with Crippen molar-refractivity contribution < 1.29 is 14.3 Å². The molecule has 0 aromatic heterocycles. The van der Waals surface area contributed by atoms with Gasteiger partial charge in [0.2, 0.25) is 5.91 Å². The van der Waals surface area contributed by atoms with Crippen LogP contribution < -0.4 is 9.47 Å². The lowest BCUT2D eigenvalue weighted by atomic mass is 9.99. The van der Waals surface area contributed by atoms with Gasteiger partial charge in [0.1, 0.15) is 13.2 Å². The van der Waals surface area contributed by atoms with E-state index >= 15 is 0 Å². The predicted octanol–water partition coefficient (Wildman–Crippen LogP) is 3.24. The molecule has 0 radical (unpaired) electrons. The molecule has 2 aromatic rings. The Morgan fingerprint density at radius 3 is 2.79 bits per heavy atom. The largest absolute Gasteiger partial charge is 0.486 e. The van der Waals surface area contributed by atoms with Crippen LogP contribution in [0.5, 0.6) is 11.5 Å². The topological polar surface area (TPSA) is 38.8 Å². The molecule has 0 fully saturated rings. The highest BCUT2D eigenvalue weighted by molar-refractivity contribution is 6.32. The zero-order valence-corrected chi connectivity index (χ0v) is 14.0. The second kappa shape index (κ2) is 6.36. The minimum atomic E-state index is 0.109. The normalized spacial score (nSPS) is 15.8. The Bertz CT molecular complexity index is 790. The van der Waals surface area contributed by atoms with Crippen molar-refractivity contribution >= 4 is 17.5 Å². The summed E-state index contributed by atoms with van der Waals surface area (Å²) < 4.78 is 11.1. The van der Waals surface area contributed by atoms with Crippen LogP contribution in [-0.2, 0) is 24.2 Å². The number of benzene rings is 2. The summed E-state index contributed by atoms with van der Waals surface area (Å²) >= 11 is 6.25. The standard InChI is InChI=1S/C19H18ClNO3/c20-16-9-13(10-17-19(16)24-8-7-23-17)11-18(22)21-6-5-14-3-1-2-4-15(14)12-21/h1-4,9-10H,5-8,11-12H2. The number of nitrogens with zero attached hydrogens (tertiary/aromatic N) is 1. The molecule has 4 nitrogen and oxygen atoms in total. The molecule has 0 bridgehead atoms. The summed E-state index contributed by atoms with van der Waals surface area (Å²) in [6, 6.07) is 12.0. The number of rotatable bonds is 2. The van der Waals surface area contributed by atoms with Crippen LogP contribution in [0.3, 0.4) is 0 Å². The van der Waals surface area contributed by atoms with E-state index in [1.165, 1.54) is 11.1 Å². The number of hydrogen-bond donors (Lipinski definition) is 0. The number of amides is 1. The summed E-state index contributed by atoms with van der Waals surface area (Å²) in [7, 11) is 0. The van der Waals surface area contributed by atoms with E-state index in [0.717, 1.165) is 18.5 Å². The molecule has 2 aliphatic heterocycles. The van der Waals surface area contributed by atoms with E-state index in [1.54, 1.807) is 6.07 Å². The molecule has 0 atom stereocenters. The predicted molar refractivity (Wildman–Crippen MR) is 91.7 cm³/mol. The van der Waals surface area contributed by atoms with E-state index in [2.05, 4.69) is 12.1 Å². The molecule has 0 N–H and O–H groups in total. The third-order valence-corrected chi connectivity index (χ3v) is 4.78. The van der Waals surface area contributed by atoms with Gasteiger partial charge in [-0.2, -0.15) is 0 Å². The molecule has 2 aliphatic rings. The third-order valence-electron chi connectivity index (χ3n) is 4.50. The molecular formula is C19H18ClNO3. The fourth-order valence-corrected chi connectivity index (χ4v) is 3.55. The number of ether oxygens (including phenoxy) is 2. The second-order valence-electron chi connectivity index (χ2n) is 6.11. The maximum atomic E-state index is 12.7. The molecule has 5 heteroatoms. The van der Waals surface area contributed by atoms with Gasteiger partial charge in [-0.05, 0) is 35.2 Å². The van der Waals surface area contributed by atoms with Crippen LogP contribution in [-0.4, -0.2) is 30.6 Å². The fourth-order valence-electron chi connectivity index (χ4n) is 3.26. The summed E-state index contributed by atoms with van der Waals surface area (Å²) in [5.74, 6) is 1.31. The van der Waals surface area contributed by atoms with Crippen LogP contribution in [0.15, 0.2) is 36.4 Å². The lowest BCUT2D eigenvalue weighted by Crippen LogP contribution is -2.36. The molecule has 0 unspecified atom stereocenters. The van der Waals surface area contributed by atoms with E-state index < -0.39 is 0 Å². The van der Waals surface area contributed by atoms with Crippen molar-refractivity contribution in [1.29, 1.82) is 0 Å². The molecule has 0 saturated carbocycles.